The molecular weight excluding hydrogens is 544 g/mol. The van der Waals surface area contributed by atoms with E-state index in [2.05, 4.69) is 15.2 Å². The summed E-state index contributed by atoms with van der Waals surface area (Å²) in [6.45, 7) is 1.22. The van der Waals surface area contributed by atoms with Gasteiger partial charge in [-0.25, -0.2) is 13.4 Å². The minimum Gasteiger partial charge on any atom is -0.490 e. The fraction of sp³-hybridized carbons (Fsp3) is 0.667. The fourth-order valence-electron chi connectivity index (χ4n) is 3.31. The van der Waals surface area contributed by atoms with Crippen LogP contribution in [-0.4, -0.2) is 81.0 Å². The zero-order valence-corrected chi connectivity index (χ0v) is 20.3. The Morgan fingerprint density at radius 1 is 1.17 bits per heavy atom. The lowest BCUT2D eigenvalue weighted by atomic mass is 10.1. The molecule has 202 valence electrons. The van der Waals surface area contributed by atoms with Gasteiger partial charge in [0.2, 0.25) is 10.0 Å². The van der Waals surface area contributed by atoms with E-state index in [4.69, 9.17) is 9.47 Å². The number of rotatable bonds is 9. The average Bonchev–Trinajstić information content (AvgIpc) is 3.27. The van der Waals surface area contributed by atoms with Crippen molar-refractivity contribution < 1.29 is 49.0 Å². The molecule has 1 aromatic heterocycles. The molecule has 10 nitrogen and oxygen atoms in total. The van der Waals surface area contributed by atoms with Gasteiger partial charge in [-0.05, 0) is 6.92 Å². The number of hydrogen-bond acceptors (Lipinski definition) is 9. The molecule has 18 heteroatoms. The van der Waals surface area contributed by atoms with E-state index in [-0.39, 0.29) is 44.5 Å². The van der Waals surface area contributed by atoms with Crippen molar-refractivity contribution in [3.05, 3.63) is 23.0 Å². The number of thiazole rings is 1. The second-order valence-corrected chi connectivity index (χ2v) is 10.9. The van der Waals surface area contributed by atoms with E-state index in [0.29, 0.717) is 17.5 Å². The first-order valence-corrected chi connectivity index (χ1v) is 12.8. The van der Waals surface area contributed by atoms with Crippen molar-refractivity contribution >= 4 is 32.4 Å². The summed E-state index contributed by atoms with van der Waals surface area (Å²) < 4.78 is 114. The Balaban J connectivity index is 1.42. The van der Waals surface area contributed by atoms with Crippen LogP contribution >= 0.6 is 11.3 Å². The predicted octanol–water partition coefficient (Wildman–Crippen LogP) is 3.05. The van der Waals surface area contributed by atoms with Gasteiger partial charge < -0.3 is 14.4 Å². The van der Waals surface area contributed by atoms with Crippen molar-refractivity contribution in [2.45, 2.75) is 25.4 Å². The van der Waals surface area contributed by atoms with E-state index in [1.165, 1.54) is 11.2 Å². The number of ether oxygens (including phenoxy) is 2. The Kier molecular flexibility index (Phi) is 8.62. The SMILES string of the molecule is C[C@@H](COCCS(=O)(=O)N1CCN(c2ncc(C(F)(F)F)s2)CC1)OC1=CN=NC(=O)C1C(F)(F)F. The normalized spacial score (nSPS) is 21.0. The minimum absolute atomic E-state index is 0.0400. The molecule has 1 unspecified atom stereocenters. The van der Waals surface area contributed by atoms with Crippen molar-refractivity contribution in [1.29, 1.82) is 0 Å². The highest BCUT2D eigenvalue weighted by atomic mass is 32.2. The predicted molar refractivity (Wildman–Crippen MR) is 114 cm³/mol. The maximum atomic E-state index is 13.1. The number of sulfonamides is 1. The number of azo groups is 1. The molecule has 1 saturated heterocycles. The summed E-state index contributed by atoms with van der Waals surface area (Å²) in [5.74, 6) is -5.22. The molecule has 0 spiro atoms. The third-order valence-corrected chi connectivity index (χ3v) is 7.99. The maximum Gasteiger partial charge on any atom is 0.427 e. The molecule has 0 saturated carbocycles. The molecule has 0 N–H and O–H groups in total. The van der Waals surface area contributed by atoms with Crippen LogP contribution in [0.4, 0.5) is 31.5 Å². The number of aromatic nitrogens is 1. The number of hydrogen-bond donors (Lipinski definition) is 0. The van der Waals surface area contributed by atoms with E-state index in [9.17, 15) is 39.6 Å². The minimum atomic E-state index is -4.92. The molecule has 1 aromatic rings. The molecule has 3 heterocycles. The average molecular weight is 566 g/mol. The van der Waals surface area contributed by atoms with Crippen LogP contribution in [0.25, 0.3) is 0 Å². The van der Waals surface area contributed by atoms with Gasteiger partial charge >= 0.3 is 12.4 Å². The van der Waals surface area contributed by atoms with Gasteiger partial charge in [0.25, 0.3) is 5.91 Å². The zero-order chi connectivity index (χ0) is 26.7. The van der Waals surface area contributed by atoms with Gasteiger partial charge in [-0.15, -0.1) is 5.11 Å². The Morgan fingerprint density at radius 3 is 2.42 bits per heavy atom. The lowest BCUT2D eigenvalue weighted by Crippen LogP contribution is -2.49. The summed E-state index contributed by atoms with van der Waals surface area (Å²) in [5, 5.41) is 6.20. The van der Waals surface area contributed by atoms with Crippen molar-refractivity contribution in [3.8, 4) is 0 Å². The first-order chi connectivity index (χ1) is 16.7. The highest BCUT2D eigenvalue weighted by Crippen LogP contribution is 2.37. The molecule has 0 aromatic carbocycles. The van der Waals surface area contributed by atoms with Crippen LogP contribution in [0.2, 0.25) is 0 Å². The number of alkyl halides is 6. The third-order valence-electron chi connectivity index (χ3n) is 5.05. The summed E-state index contributed by atoms with van der Waals surface area (Å²) >= 11 is 0.482. The number of anilines is 1. The van der Waals surface area contributed by atoms with E-state index >= 15 is 0 Å². The van der Waals surface area contributed by atoms with Gasteiger partial charge in [-0.3, -0.25) is 4.79 Å². The van der Waals surface area contributed by atoms with E-state index in [1.54, 1.807) is 4.90 Å². The zero-order valence-electron chi connectivity index (χ0n) is 18.6. The van der Waals surface area contributed by atoms with Crippen LogP contribution in [-0.2, 0) is 30.5 Å². The van der Waals surface area contributed by atoms with Crippen molar-refractivity contribution in [2.24, 2.45) is 16.1 Å². The largest absolute Gasteiger partial charge is 0.490 e. The Labute approximate surface area is 205 Å². The number of piperazine rings is 1. The van der Waals surface area contributed by atoms with Gasteiger partial charge in [0.15, 0.2) is 11.0 Å². The summed E-state index contributed by atoms with van der Waals surface area (Å²) in [6, 6.07) is 0. The number of nitrogens with zero attached hydrogens (tertiary/aromatic N) is 5. The number of amides is 1. The maximum absolute atomic E-state index is 13.1. The molecule has 3 rings (SSSR count). The van der Waals surface area contributed by atoms with Crippen LogP contribution in [0, 0.1) is 5.92 Å². The second kappa shape index (κ2) is 11.0. The van der Waals surface area contributed by atoms with Gasteiger partial charge in [-0.2, -0.15) is 35.8 Å². The summed E-state index contributed by atoms with van der Waals surface area (Å²) in [6.07, 6.45) is -8.94. The number of carbonyl (C=O) groups is 1. The molecule has 0 bridgehead atoms. The molecule has 2 aliphatic rings. The standard InChI is InChI=1S/C18H21F6N5O5S2/c1-11(34-12-8-26-27-15(30)14(12)18(22,23)24)10-33-6-7-36(31,32)29-4-2-28(3-5-29)16-25-9-13(35-16)17(19,20)21/h8-9,11,14H,2-7,10H2,1H3/t11-,14?/m0/s1. The molecule has 2 atom stereocenters. The molecule has 0 radical (unpaired) electrons. The van der Waals surface area contributed by atoms with Gasteiger partial charge in [0.05, 0.1) is 31.4 Å². The highest BCUT2D eigenvalue weighted by Gasteiger charge is 2.50. The van der Waals surface area contributed by atoms with Crippen molar-refractivity contribution in [3.63, 3.8) is 0 Å². The van der Waals surface area contributed by atoms with Crippen molar-refractivity contribution in [1.82, 2.24) is 9.29 Å². The van der Waals surface area contributed by atoms with Crippen molar-refractivity contribution in [2.75, 3.05) is 50.0 Å². The van der Waals surface area contributed by atoms with Crippen LogP contribution in [0.15, 0.2) is 28.4 Å². The Morgan fingerprint density at radius 2 is 1.83 bits per heavy atom. The van der Waals surface area contributed by atoms with Crippen LogP contribution in [0.3, 0.4) is 0 Å². The van der Waals surface area contributed by atoms with E-state index < -0.39 is 56.7 Å². The van der Waals surface area contributed by atoms with Gasteiger partial charge in [-0.1, -0.05) is 11.3 Å². The van der Waals surface area contributed by atoms with Crippen LogP contribution in [0.1, 0.15) is 11.8 Å². The monoisotopic (exact) mass is 565 g/mol. The topological polar surface area (TPSA) is 114 Å². The molecule has 36 heavy (non-hydrogen) atoms. The lowest BCUT2D eigenvalue weighted by molar-refractivity contribution is -0.183. The summed E-state index contributed by atoms with van der Waals surface area (Å²) in [5.41, 5.74) is 0. The summed E-state index contributed by atoms with van der Waals surface area (Å²) in [4.78, 5) is 15.9. The molecule has 1 amide bonds. The molecule has 1 fully saturated rings. The smallest absolute Gasteiger partial charge is 0.427 e. The Hall–Kier alpha value is -2.31. The van der Waals surface area contributed by atoms with Gasteiger partial charge in [0, 0.05) is 26.2 Å². The van der Waals surface area contributed by atoms with E-state index in [0.717, 1.165) is 6.20 Å². The first-order valence-electron chi connectivity index (χ1n) is 10.4. The molecular formula is C18H21F6N5O5S2. The van der Waals surface area contributed by atoms with Gasteiger partial charge in [0.1, 0.15) is 16.7 Å². The molecule has 2 aliphatic heterocycles. The lowest BCUT2D eigenvalue weighted by Gasteiger charge is -2.33. The first kappa shape index (κ1) is 28.3. The number of carbonyl (C=O) groups excluding carboxylic acids is 1. The highest BCUT2D eigenvalue weighted by molar-refractivity contribution is 7.89. The van der Waals surface area contributed by atoms with Crippen LogP contribution < -0.4 is 4.90 Å². The fourth-order valence-corrected chi connectivity index (χ4v) is 5.45. The summed E-state index contributed by atoms with van der Waals surface area (Å²) in [7, 11) is -3.76. The quantitative estimate of drug-likeness (QED) is 0.334. The van der Waals surface area contributed by atoms with E-state index in [1.807, 2.05) is 0 Å². The Bertz CT molecular complexity index is 1100. The molecule has 0 aliphatic carbocycles. The third kappa shape index (κ3) is 7.13. The van der Waals surface area contributed by atoms with Crippen LogP contribution in [0.5, 0.6) is 0 Å². The second-order valence-electron chi connectivity index (χ2n) is 7.77. The number of halogens is 6.